The fourth-order valence-electron chi connectivity index (χ4n) is 1.89. The van der Waals surface area contributed by atoms with Gasteiger partial charge in [0.15, 0.2) is 0 Å². The van der Waals surface area contributed by atoms with Gasteiger partial charge in [0.25, 0.3) is 5.91 Å². The second-order valence-corrected chi connectivity index (χ2v) is 4.71. The number of hydrogen-bond acceptors (Lipinski definition) is 3. The van der Waals surface area contributed by atoms with E-state index in [2.05, 4.69) is 5.32 Å². The summed E-state index contributed by atoms with van der Waals surface area (Å²) in [6, 6.07) is 10.5. The molecule has 0 atom stereocenters. The second-order valence-electron chi connectivity index (χ2n) is 4.31. The van der Waals surface area contributed by atoms with Gasteiger partial charge in [-0.1, -0.05) is 29.8 Å². The molecule has 0 aliphatic carbocycles. The van der Waals surface area contributed by atoms with E-state index in [1.54, 1.807) is 24.3 Å². The monoisotopic (exact) mass is 290 g/mol. The zero-order valence-corrected chi connectivity index (χ0v) is 12.0. The minimum Gasteiger partial charge on any atom is -0.495 e. The van der Waals surface area contributed by atoms with Crippen LogP contribution in [0.5, 0.6) is 5.75 Å². The maximum Gasteiger partial charge on any atom is 0.257 e. The van der Waals surface area contributed by atoms with Crippen LogP contribution in [-0.4, -0.2) is 13.0 Å². The SMILES string of the molecule is COc1cccc(C(=O)Nc2c(C)cccc2Cl)c1N. The average Bonchev–Trinajstić information content (AvgIpc) is 2.43. The Hall–Kier alpha value is -2.20. The summed E-state index contributed by atoms with van der Waals surface area (Å²) in [6.07, 6.45) is 0. The number of benzene rings is 2. The highest BCUT2D eigenvalue weighted by atomic mass is 35.5. The first-order chi connectivity index (χ1) is 9.54. The number of carbonyl (C=O) groups is 1. The van der Waals surface area contributed by atoms with Crippen molar-refractivity contribution in [2.75, 3.05) is 18.2 Å². The van der Waals surface area contributed by atoms with E-state index in [1.165, 1.54) is 7.11 Å². The molecule has 20 heavy (non-hydrogen) atoms. The second kappa shape index (κ2) is 5.84. The van der Waals surface area contributed by atoms with E-state index < -0.39 is 0 Å². The lowest BCUT2D eigenvalue weighted by molar-refractivity contribution is 0.102. The highest BCUT2D eigenvalue weighted by Crippen LogP contribution is 2.28. The molecule has 1 amide bonds. The summed E-state index contributed by atoms with van der Waals surface area (Å²) in [4.78, 5) is 12.3. The van der Waals surface area contributed by atoms with Gasteiger partial charge < -0.3 is 15.8 Å². The lowest BCUT2D eigenvalue weighted by Crippen LogP contribution is -2.15. The molecule has 0 spiro atoms. The Bertz CT molecular complexity index is 636. The molecule has 0 radical (unpaired) electrons. The Balaban J connectivity index is 2.34. The highest BCUT2D eigenvalue weighted by Gasteiger charge is 2.15. The molecule has 0 aliphatic rings. The van der Waals surface area contributed by atoms with E-state index in [0.29, 0.717) is 27.7 Å². The number of halogens is 1. The normalized spacial score (nSPS) is 10.2. The fourth-order valence-corrected chi connectivity index (χ4v) is 2.16. The third kappa shape index (κ3) is 2.70. The summed E-state index contributed by atoms with van der Waals surface area (Å²) in [6.45, 7) is 1.87. The van der Waals surface area contributed by atoms with Crippen LogP contribution in [0.2, 0.25) is 5.02 Å². The molecule has 0 aromatic heterocycles. The van der Waals surface area contributed by atoms with Crippen molar-refractivity contribution in [3.8, 4) is 5.75 Å². The molecule has 0 fully saturated rings. The molecule has 2 rings (SSSR count). The Kier molecular flexibility index (Phi) is 4.15. The van der Waals surface area contributed by atoms with Crippen molar-refractivity contribution in [3.63, 3.8) is 0 Å². The molecule has 104 valence electrons. The molecular formula is C15H15ClN2O2. The van der Waals surface area contributed by atoms with Crippen LogP contribution in [-0.2, 0) is 0 Å². The van der Waals surface area contributed by atoms with E-state index >= 15 is 0 Å². The van der Waals surface area contributed by atoms with Crippen LogP contribution in [0.1, 0.15) is 15.9 Å². The summed E-state index contributed by atoms with van der Waals surface area (Å²) in [5, 5.41) is 3.27. The quantitative estimate of drug-likeness (QED) is 0.851. The van der Waals surface area contributed by atoms with E-state index in [-0.39, 0.29) is 5.91 Å². The molecule has 0 saturated carbocycles. The van der Waals surface area contributed by atoms with Crippen LogP contribution in [0.15, 0.2) is 36.4 Å². The molecule has 0 heterocycles. The summed E-state index contributed by atoms with van der Waals surface area (Å²) >= 11 is 6.09. The Morgan fingerprint density at radius 3 is 2.60 bits per heavy atom. The van der Waals surface area contributed by atoms with Crippen molar-refractivity contribution in [3.05, 3.63) is 52.5 Å². The van der Waals surface area contributed by atoms with Crippen molar-refractivity contribution in [1.29, 1.82) is 0 Å². The van der Waals surface area contributed by atoms with Crippen LogP contribution in [0, 0.1) is 6.92 Å². The van der Waals surface area contributed by atoms with Gasteiger partial charge in [-0.25, -0.2) is 0 Å². The van der Waals surface area contributed by atoms with Gasteiger partial charge in [0.05, 0.1) is 29.1 Å². The molecule has 0 bridgehead atoms. The van der Waals surface area contributed by atoms with E-state index in [4.69, 9.17) is 22.1 Å². The number of hydrogen-bond donors (Lipinski definition) is 2. The summed E-state index contributed by atoms with van der Waals surface area (Å²) in [5.41, 5.74) is 8.03. The number of nitrogens with two attached hydrogens (primary N) is 1. The van der Waals surface area contributed by atoms with Gasteiger partial charge >= 0.3 is 0 Å². The van der Waals surface area contributed by atoms with Gasteiger partial charge in [0.2, 0.25) is 0 Å². The number of methoxy groups -OCH3 is 1. The average molecular weight is 291 g/mol. The van der Waals surface area contributed by atoms with Crippen LogP contribution in [0.25, 0.3) is 0 Å². The first-order valence-corrected chi connectivity index (χ1v) is 6.41. The van der Waals surface area contributed by atoms with Crippen LogP contribution >= 0.6 is 11.6 Å². The number of nitrogen functional groups attached to an aromatic ring is 1. The predicted molar refractivity (Wildman–Crippen MR) is 81.5 cm³/mol. The predicted octanol–water partition coefficient (Wildman–Crippen LogP) is 3.49. The van der Waals surface area contributed by atoms with Gasteiger partial charge in [-0.15, -0.1) is 0 Å². The lowest BCUT2D eigenvalue weighted by Gasteiger charge is -2.13. The van der Waals surface area contributed by atoms with Gasteiger partial charge in [-0.05, 0) is 30.7 Å². The van der Waals surface area contributed by atoms with Gasteiger partial charge in [0, 0.05) is 0 Å². The molecule has 0 unspecified atom stereocenters. The van der Waals surface area contributed by atoms with Gasteiger partial charge in [0.1, 0.15) is 5.75 Å². The van der Waals surface area contributed by atoms with Crippen molar-refractivity contribution < 1.29 is 9.53 Å². The Morgan fingerprint density at radius 1 is 1.25 bits per heavy atom. The number of aryl methyl sites for hydroxylation is 1. The molecule has 0 saturated heterocycles. The van der Waals surface area contributed by atoms with Crippen molar-refractivity contribution >= 4 is 28.9 Å². The molecule has 4 nitrogen and oxygen atoms in total. The molecular weight excluding hydrogens is 276 g/mol. The topological polar surface area (TPSA) is 64.3 Å². The third-order valence-electron chi connectivity index (χ3n) is 2.99. The summed E-state index contributed by atoms with van der Waals surface area (Å²) in [5.74, 6) is 0.145. The fraction of sp³-hybridized carbons (Fsp3) is 0.133. The van der Waals surface area contributed by atoms with Crippen molar-refractivity contribution in [2.45, 2.75) is 6.92 Å². The zero-order valence-electron chi connectivity index (χ0n) is 11.2. The standard InChI is InChI=1S/C15H15ClN2O2/c1-9-5-3-7-11(16)14(9)18-15(19)10-6-4-8-12(20-2)13(10)17/h3-8H,17H2,1-2H3,(H,18,19). The molecule has 2 aromatic rings. The van der Waals surface area contributed by atoms with E-state index in [0.717, 1.165) is 5.56 Å². The number of amides is 1. The maximum absolute atomic E-state index is 12.3. The number of nitrogens with one attached hydrogen (secondary N) is 1. The summed E-state index contributed by atoms with van der Waals surface area (Å²) < 4.78 is 5.10. The first-order valence-electron chi connectivity index (χ1n) is 6.03. The first kappa shape index (κ1) is 14.2. The molecule has 5 heteroatoms. The van der Waals surface area contributed by atoms with Crippen LogP contribution in [0.4, 0.5) is 11.4 Å². The number of anilines is 2. The molecule has 3 N–H and O–H groups in total. The van der Waals surface area contributed by atoms with Gasteiger partial charge in [-0.2, -0.15) is 0 Å². The number of carbonyl (C=O) groups excluding carboxylic acids is 1. The van der Waals surface area contributed by atoms with E-state index in [9.17, 15) is 4.79 Å². The molecule has 2 aromatic carbocycles. The number of para-hydroxylation sites is 2. The summed E-state index contributed by atoms with van der Waals surface area (Å²) in [7, 11) is 1.51. The smallest absolute Gasteiger partial charge is 0.257 e. The third-order valence-corrected chi connectivity index (χ3v) is 3.31. The van der Waals surface area contributed by atoms with Crippen LogP contribution < -0.4 is 15.8 Å². The minimum absolute atomic E-state index is 0.303. The highest BCUT2D eigenvalue weighted by molar-refractivity contribution is 6.34. The Labute approximate surface area is 122 Å². The molecule has 0 aliphatic heterocycles. The zero-order chi connectivity index (χ0) is 14.7. The van der Waals surface area contributed by atoms with E-state index in [1.807, 2.05) is 19.1 Å². The van der Waals surface area contributed by atoms with Crippen molar-refractivity contribution in [1.82, 2.24) is 0 Å². The van der Waals surface area contributed by atoms with Crippen molar-refractivity contribution in [2.24, 2.45) is 0 Å². The number of rotatable bonds is 3. The maximum atomic E-state index is 12.3. The number of ether oxygens (including phenoxy) is 1. The van der Waals surface area contributed by atoms with Crippen LogP contribution in [0.3, 0.4) is 0 Å². The lowest BCUT2D eigenvalue weighted by atomic mass is 10.1. The minimum atomic E-state index is -0.322. The Morgan fingerprint density at radius 2 is 1.95 bits per heavy atom. The largest absolute Gasteiger partial charge is 0.495 e. The van der Waals surface area contributed by atoms with Gasteiger partial charge in [-0.3, -0.25) is 4.79 Å².